The summed E-state index contributed by atoms with van der Waals surface area (Å²) in [6.45, 7) is 0.0800. The van der Waals surface area contributed by atoms with Crippen LogP contribution in [0.5, 0.6) is 11.6 Å². The van der Waals surface area contributed by atoms with Gasteiger partial charge >= 0.3 is 6.09 Å². The van der Waals surface area contributed by atoms with E-state index in [-0.39, 0.29) is 6.61 Å². The van der Waals surface area contributed by atoms with Crippen LogP contribution in [0, 0.1) is 11.3 Å². The average molecular weight is 436 g/mol. The molecule has 7 nitrogen and oxygen atoms in total. The molecule has 2 aromatic carbocycles. The molecule has 1 saturated heterocycles. The number of cyclic esters (lactones) is 1. The number of amides is 1. The fraction of sp³-hybridized carbons (Fsp3) is 0.174. The summed E-state index contributed by atoms with van der Waals surface area (Å²) in [6.07, 6.45) is 0.333. The first kappa shape index (κ1) is 20.5. The molecule has 3 aromatic rings. The minimum absolute atomic E-state index is 0.0800. The summed E-state index contributed by atoms with van der Waals surface area (Å²) in [7, 11) is 1.59. The normalized spacial score (nSPS) is 17.7. The van der Waals surface area contributed by atoms with Gasteiger partial charge in [-0.1, -0.05) is 23.7 Å². The summed E-state index contributed by atoms with van der Waals surface area (Å²) in [5.41, 5.74) is 1.92. The molecule has 1 aliphatic heterocycles. The van der Waals surface area contributed by atoms with E-state index in [4.69, 9.17) is 31.1 Å². The number of anilines is 1. The third-order valence-electron chi connectivity index (χ3n) is 4.88. The Labute approximate surface area is 184 Å². The summed E-state index contributed by atoms with van der Waals surface area (Å²) in [6, 6.07) is 19.2. The van der Waals surface area contributed by atoms with E-state index in [0.717, 1.165) is 5.56 Å². The molecule has 1 aliphatic rings. The number of nitriles is 1. The summed E-state index contributed by atoms with van der Waals surface area (Å²) in [4.78, 5) is 18.5. The van der Waals surface area contributed by atoms with Crippen LogP contribution in [0.4, 0.5) is 10.5 Å². The molecule has 2 atom stereocenters. The highest BCUT2D eigenvalue weighted by Gasteiger charge is 2.44. The van der Waals surface area contributed by atoms with E-state index in [1.807, 2.05) is 30.3 Å². The van der Waals surface area contributed by atoms with Crippen molar-refractivity contribution in [2.45, 2.75) is 12.1 Å². The van der Waals surface area contributed by atoms with Gasteiger partial charge < -0.3 is 14.2 Å². The fourth-order valence-electron chi connectivity index (χ4n) is 3.41. The van der Waals surface area contributed by atoms with Gasteiger partial charge in [0.15, 0.2) is 6.10 Å². The van der Waals surface area contributed by atoms with E-state index in [0.29, 0.717) is 27.9 Å². The van der Waals surface area contributed by atoms with Crippen LogP contribution in [0.2, 0.25) is 5.02 Å². The molecule has 0 radical (unpaired) electrons. The van der Waals surface area contributed by atoms with Crippen LogP contribution in [0.1, 0.15) is 17.2 Å². The van der Waals surface area contributed by atoms with Gasteiger partial charge in [-0.3, -0.25) is 4.90 Å². The smallest absolute Gasteiger partial charge is 0.415 e. The van der Waals surface area contributed by atoms with E-state index >= 15 is 0 Å². The molecule has 0 unspecified atom stereocenters. The van der Waals surface area contributed by atoms with Crippen LogP contribution in [0.25, 0.3) is 0 Å². The highest BCUT2D eigenvalue weighted by molar-refractivity contribution is 6.30. The Morgan fingerprint density at radius 2 is 2.00 bits per heavy atom. The lowest BCUT2D eigenvalue weighted by atomic mass is 10.00. The number of rotatable bonds is 6. The summed E-state index contributed by atoms with van der Waals surface area (Å²) in [5, 5.41) is 9.48. The third kappa shape index (κ3) is 4.39. The second-order valence-electron chi connectivity index (χ2n) is 6.80. The van der Waals surface area contributed by atoms with E-state index in [2.05, 4.69) is 4.98 Å². The molecule has 2 heterocycles. The number of hydrogen-bond donors (Lipinski definition) is 0. The zero-order valence-corrected chi connectivity index (χ0v) is 17.3. The molecular formula is C23H18ClN3O4. The first-order valence-electron chi connectivity index (χ1n) is 9.47. The number of aromatic nitrogens is 1. The van der Waals surface area contributed by atoms with E-state index < -0.39 is 18.2 Å². The second-order valence-corrected chi connectivity index (χ2v) is 7.23. The molecule has 1 aromatic heterocycles. The van der Waals surface area contributed by atoms with Crippen molar-refractivity contribution in [2.75, 3.05) is 18.6 Å². The van der Waals surface area contributed by atoms with Gasteiger partial charge in [0, 0.05) is 23.0 Å². The minimum Gasteiger partial charge on any atom is -0.497 e. The van der Waals surface area contributed by atoms with Gasteiger partial charge in [-0.05, 0) is 48.0 Å². The Kier molecular flexibility index (Phi) is 5.92. The quantitative estimate of drug-likeness (QED) is 0.555. The molecule has 4 rings (SSSR count). The third-order valence-corrected chi connectivity index (χ3v) is 5.13. The van der Waals surface area contributed by atoms with Gasteiger partial charge in [0.1, 0.15) is 24.5 Å². The van der Waals surface area contributed by atoms with Crippen LogP contribution in [0.3, 0.4) is 0 Å². The molecule has 0 bridgehead atoms. The highest BCUT2D eigenvalue weighted by Crippen LogP contribution is 2.39. The molecule has 8 heteroatoms. The zero-order valence-electron chi connectivity index (χ0n) is 16.6. The first-order chi connectivity index (χ1) is 15.1. The van der Waals surface area contributed by atoms with Crippen molar-refractivity contribution < 1.29 is 19.0 Å². The number of methoxy groups -OCH3 is 1. The molecule has 0 aliphatic carbocycles. The lowest BCUT2D eigenvalue weighted by molar-refractivity contribution is 0.0901. The zero-order chi connectivity index (χ0) is 21.8. The maximum absolute atomic E-state index is 12.8. The maximum atomic E-state index is 12.8. The minimum atomic E-state index is -0.604. The molecule has 0 saturated carbocycles. The lowest BCUT2D eigenvalue weighted by Gasteiger charge is -2.25. The maximum Gasteiger partial charge on any atom is 0.415 e. The molecule has 156 valence electrons. The monoisotopic (exact) mass is 435 g/mol. The van der Waals surface area contributed by atoms with Gasteiger partial charge in [0.2, 0.25) is 5.88 Å². The van der Waals surface area contributed by atoms with Crippen LogP contribution >= 0.6 is 11.6 Å². The number of carbonyl (C=O) groups is 1. The molecular weight excluding hydrogens is 418 g/mol. The first-order valence-corrected chi connectivity index (χ1v) is 9.85. The van der Waals surface area contributed by atoms with Gasteiger partial charge in [0.05, 0.1) is 12.7 Å². The van der Waals surface area contributed by atoms with Crippen LogP contribution < -0.4 is 14.4 Å². The predicted octanol–water partition coefficient (Wildman–Crippen LogP) is 4.76. The van der Waals surface area contributed by atoms with Gasteiger partial charge in [0.25, 0.3) is 0 Å². The van der Waals surface area contributed by atoms with E-state index in [1.54, 1.807) is 48.4 Å². The van der Waals surface area contributed by atoms with Crippen molar-refractivity contribution in [2.24, 2.45) is 0 Å². The van der Waals surface area contributed by atoms with Crippen molar-refractivity contribution in [3.05, 3.63) is 83.0 Å². The highest BCUT2D eigenvalue weighted by atomic mass is 35.5. The number of pyridine rings is 1. The Bertz CT molecular complexity index is 1110. The largest absolute Gasteiger partial charge is 0.497 e. The standard InChI is InChI=1S/C23H18ClN3O4/c1-29-19-4-2-3-16(11-19)22-20(14-30-21-10-5-15(12-25)13-26-21)31-23(28)27(22)18-8-6-17(24)7-9-18/h2-11,13,20,22H,14H2,1H3/t20-,22-/m0/s1. The van der Waals surface area contributed by atoms with Crippen molar-refractivity contribution >= 4 is 23.4 Å². The molecule has 31 heavy (non-hydrogen) atoms. The number of carbonyl (C=O) groups excluding carboxylic acids is 1. The number of ether oxygens (including phenoxy) is 3. The SMILES string of the molecule is COc1cccc([C@H]2[C@H](COc3ccc(C#N)cn3)OC(=O)N2c2ccc(Cl)cc2)c1. The van der Waals surface area contributed by atoms with Gasteiger partial charge in [-0.25, -0.2) is 9.78 Å². The van der Waals surface area contributed by atoms with E-state index in [1.165, 1.54) is 6.20 Å². The Morgan fingerprint density at radius 1 is 1.19 bits per heavy atom. The summed E-state index contributed by atoms with van der Waals surface area (Å²) < 4.78 is 16.8. The van der Waals surface area contributed by atoms with Crippen LogP contribution in [0.15, 0.2) is 66.9 Å². The number of hydrogen-bond acceptors (Lipinski definition) is 6. The molecule has 0 spiro atoms. The molecule has 1 fully saturated rings. The second kappa shape index (κ2) is 8.94. The Balaban J connectivity index is 1.64. The topological polar surface area (TPSA) is 84.7 Å². The lowest BCUT2D eigenvalue weighted by Crippen LogP contribution is -2.31. The summed E-state index contributed by atoms with van der Waals surface area (Å²) >= 11 is 6.02. The van der Waals surface area contributed by atoms with Crippen LogP contribution in [-0.4, -0.2) is 30.9 Å². The summed E-state index contributed by atoms with van der Waals surface area (Å²) in [5.74, 6) is 1.01. The fourth-order valence-corrected chi connectivity index (χ4v) is 3.54. The number of nitrogens with zero attached hydrogens (tertiary/aromatic N) is 3. The Hall–Kier alpha value is -3.76. The van der Waals surface area contributed by atoms with Crippen molar-refractivity contribution in [1.82, 2.24) is 4.98 Å². The van der Waals surface area contributed by atoms with Crippen LogP contribution in [-0.2, 0) is 4.74 Å². The average Bonchev–Trinajstić information content (AvgIpc) is 3.14. The Morgan fingerprint density at radius 3 is 2.68 bits per heavy atom. The van der Waals surface area contributed by atoms with Crippen molar-refractivity contribution in [3.63, 3.8) is 0 Å². The molecule has 1 amide bonds. The van der Waals surface area contributed by atoms with Gasteiger partial charge in [-0.15, -0.1) is 0 Å². The number of benzene rings is 2. The van der Waals surface area contributed by atoms with Crippen molar-refractivity contribution in [3.8, 4) is 17.7 Å². The number of halogens is 1. The molecule has 0 N–H and O–H groups in total. The van der Waals surface area contributed by atoms with Gasteiger partial charge in [-0.2, -0.15) is 5.26 Å². The van der Waals surface area contributed by atoms with E-state index in [9.17, 15) is 4.79 Å². The van der Waals surface area contributed by atoms with Crippen molar-refractivity contribution in [1.29, 1.82) is 5.26 Å². The predicted molar refractivity (Wildman–Crippen MR) is 114 cm³/mol.